The molecule has 2 N–H and O–H groups in total. The van der Waals surface area contributed by atoms with Crippen LogP contribution >= 0.6 is 12.4 Å². The predicted octanol–water partition coefficient (Wildman–Crippen LogP) is 4.40. The Kier molecular flexibility index (Phi) is 8.19. The number of carbonyl (C=O) groups is 1. The molecule has 0 saturated carbocycles. The monoisotopic (exact) mass is 533 g/mol. The number of anilines is 1. The molecule has 2 aliphatic rings. The number of benzene rings is 2. The molecule has 8 nitrogen and oxygen atoms in total. The van der Waals surface area contributed by atoms with Gasteiger partial charge in [0, 0.05) is 43.4 Å². The van der Waals surface area contributed by atoms with Crippen molar-refractivity contribution in [3.63, 3.8) is 0 Å². The molecule has 11 heteroatoms. The molecule has 2 aromatic carbocycles. The number of halogens is 3. The van der Waals surface area contributed by atoms with Crippen molar-refractivity contribution in [1.29, 1.82) is 0 Å². The van der Waals surface area contributed by atoms with Gasteiger partial charge in [0.25, 0.3) is 12.3 Å². The summed E-state index contributed by atoms with van der Waals surface area (Å²) in [6, 6.07) is 12.9. The van der Waals surface area contributed by atoms with Gasteiger partial charge in [0.1, 0.15) is 11.9 Å². The van der Waals surface area contributed by atoms with Gasteiger partial charge in [0.15, 0.2) is 11.5 Å². The summed E-state index contributed by atoms with van der Waals surface area (Å²) in [5.74, 6) is 1.63. The maximum Gasteiger partial charge on any atom is 0.260 e. The van der Waals surface area contributed by atoms with E-state index < -0.39 is 12.5 Å². The van der Waals surface area contributed by atoms with Crippen molar-refractivity contribution in [3.05, 3.63) is 59.7 Å². The van der Waals surface area contributed by atoms with Gasteiger partial charge in [-0.2, -0.15) is 5.10 Å². The van der Waals surface area contributed by atoms with Crippen molar-refractivity contribution in [3.8, 4) is 22.8 Å². The number of ether oxygens (including phenoxy) is 2. The van der Waals surface area contributed by atoms with Crippen molar-refractivity contribution in [2.24, 2.45) is 0 Å². The number of fused-ring (bicyclic) bond motifs is 1. The van der Waals surface area contributed by atoms with Gasteiger partial charge in [0.2, 0.25) is 0 Å². The van der Waals surface area contributed by atoms with Crippen LogP contribution in [0.5, 0.6) is 11.5 Å². The molecule has 1 amide bonds. The lowest BCUT2D eigenvalue weighted by Crippen LogP contribution is -2.46. The van der Waals surface area contributed by atoms with E-state index in [1.165, 1.54) is 4.68 Å². The minimum Gasteiger partial charge on any atom is -0.493 e. The largest absolute Gasteiger partial charge is 0.493 e. The van der Waals surface area contributed by atoms with E-state index in [9.17, 15) is 13.6 Å². The number of piperazine rings is 1. The number of rotatable bonds is 6. The number of hydrogen-bond acceptors (Lipinski definition) is 6. The summed E-state index contributed by atoms with van der Waals surface area (Å²) in [6.45, 7) is 2.92. The maximum absolute atomic E-state index is 14.1. The second kappa shape index (κ2) is 11.4. The molecule has 3 aromatic rings. The van der Waals surface area contributed by atoms with Gasteiger partial charge in [-0.25, -0.2) is 13.5 Å². The fourth-order valence-corrected chi connectivity index (χ4v) is 4.81. The molecule has 1 aromatic heterocycles. The van der Waals surface area contributed by atoms with E-state index >= 15 is 0 Å². The van der Waals surface area contributed by atoms with Crippen LogP contribution in [0.1, 0.15) is 34.4 Å². The zero-order valence-corrected chi connectivity index (χ0v) is 21.4. The van der Waals surface area contributed by atoms with E-state index in [0.717, 1.165) is 24.2 Å². The average Bonchev–Trinajstić information content (AvgIpc) is 3.36. The van der Waals surface area contributed by atoms with Crippen LogP contribution in [0.4, 0.5) is 14.6 Å². The Morgan fingerprint density at radius 1 is 1.03 bits per heavy atom. The Bertz CT molecular complexity index is 1230. The molecular formula is C26H30ClF2N5O3. The normalized spacial score (nSPS) is 19.0. The summed E-state index contributed by atoms with van der Waals surface area (Å²) in [6.07, 6.45) is -2.42. The molecule has 0 unspecified atom stereocenters. The molecule has 2 atom stereocenters. The summed E-state index contributed by atoms with van der Waals surface area (Å²) in [5.41, 5.74) is 2.74. The van der Waals surface area contributed by atoms with E-state index in [1.54, 1.807) is 44.6 Å². The van der Waals surface area contributed by atoms with Gasteiger partial charge in [0.05, 0.1) is 26.0 Å². The van der Waals surface area contributed by atoms with Crippen LogP contribution in [0.15, 0.2) is 48.5 Å². The quantitative estimate of drug-likeness (QED) is 0.489. The van der Waals surface area contributed by atoms with Crippen molar-refractivity contribution < 1.29 is 23.0 Å². The second-order valence-electron chi connectivity index (χ2n) is 8.93. The van der Waals surface area contributed by atoms with Crippen LogP contribution < -0.4 is 20.1 Å². The first-order valence-electron chi connectivity index (χ1n) is 11.9. The number of carbonyl (C=O) groups excluding carboxylic acids is 1. The summed E-state index contributed by atoms with van der Waals surface area (Å²) in [5, 5.41) is 11.1. The Labute approximate surface area is 220 Å². The number of amides is 1. The lowest BCUT2D eigenvalue weighted by Gasteiger charge is -2.32. The highest BCUT2D eigenvalue weighted by Crippen LogP contribution is 2.41. The first-order chi connectivity index (χ1) is 17.5. The molecule has 3 heterocycles. The first-order valence-corrected chi connectivity index (χ1v) is 11.9. The molecule has 0 bridgehead atoms. The molecule has 2 aliphatic heterocycles. The van der Waals surface area contributed by atoms with Gasteiger partial charge >= 0.3 is 0 Å². The molecule has 0 spiro atoms. The fraction of sp³-hybridized carbons (Fsp3) is 0.385. The number of hydrogen-bond donors (Lipinski definition) is 2. The van der Waals surface area contributed by atoms with Crippen LogP contribution in [-0.2, 0) is 0 Å². The Morgan fingerprint density at radius 3 is 2.38 bits per heavy atom. The van der Waals surface area contributed by atoms with Crippen LogP contribution in [0, 0.1) is 0 Å². The lowest BCUT2D eigenvalue weighted by atomic mass is 9.97. The van der Waals surface area contributed by atoms with Crippen LogP contribution in [0.25, 0.3) is 11.3 Å². The molecule has 5 rings (SSSR count). The highest BCUT2D eigenvalue weighted by molar-refractivity contribution is 5.94. The zero-order chi connectivity index (χ0) is 25.2. The predicted molar refractivity (Wildman–Crippen MR) is 139 cm³/mol. The Balaban J connectivity index is 0.00000320. The number of aromatic nitrogens is 2. The smallest absolute Gasteiger partial charge is 0.260 e. The van der Waals surface area contributed by atoms with Crippen molar-refractivity contribution in [2.75, 3.05) is 45.7 Å². The molecule has 198 valence electrons. The van der Waals surface area contributed by atoms with Gasteiger partial charge in [-0.15, -0.1) is 12.4 Å². The summed E-state index contributed by atoms with van der Waals surface area (Å²) in [4.78, 5) is 14.6. The van der Waals surface area contributed by atoms with E-state index in [0.29, 0.717) is 41.7 Å². The van der Waals surface area contributed by atoms with Gasteiger partial charge in [-0.05, 0) is 36.2 Å². The third-order valence-corrected chi connectivity index (χ3v) is 6.78. The highest BCUT2D eigenvalue weighted by Gasteiger charge is 2.35. The minimum absolute atomic E-state index is 0. The lowest BCUT2D eigenvalue weighted by molar-refractivity contribution is 0.0659. The average molecular weight is 534 g/mol. The molecule has 0 aliphatic carbocycles. The second-order valence-corrected chi connectivity index (χ2v) is 8.93. The Morgan fingerprint density at radius 2 is 1.73 bits per heavy atom. The third-order valence-electron chi connectivity index (χ3n) is 6.78. The molecule has 0 radical (unpaired) electrons. The summed E-state index contributed by atoms with van der Waals surface area (Å²) < 4.78 is 40.3. The number of nitrogens with one attached hydrogen (secondary N) is 2. The van der Waals surface area contributed by atoms with Crippen LogP contribution in [-0.4, -0.2) is 67.4 Å². The molecule has 1 fully saturated rings. The fourth-order valence-electron chi connectivity index (χ4n) is 4.81. The number of alkyl halides is 2. The number of methoxy groups -OCH3 is 2. The number of nitrogens with zero attached hydrogens (tertiary/aromatic N) is 3. The molecule has 1 saturated heterocycles. The van der Waals surface area contributed by atoms with E-state index in [4.69, 9.17) is 9.47 Å². The van der Waals surface area contributed by atoms with E-state index in [2.05, 4.69) is 15.7 Å². The maximum atomic E-state index is 14.1. The third kappa shape index (κ3) is 5.35. The zero-order valence-electron chi connectivity index (χ0n) is 20.6. The van der Waals surface area contributed by atoms with Crippen molar-refractivity contribution in [2.45, 2.75) is 24.9 Å². The first kappa shape index (κ1) is 26.7. The standard InChI is InChI=1S/C26H29F2N5O3.ClH/c1-35-22-8-7-18(13-23(22)36-2)19-14-21(25(27)28)33-24(30-19)15-20(31-33)16-3-5-17(6-4-16)26(34)32-11-9-29-10-12-32;/h3-8,13,15,19,21,25,29-30H,9-12,14H2,1-2H3;1H/t19-,21+;/m0./s1. The highest BCUT2D eigenvalue weighted by atomic mass is 35.5. The van der Waals surface area contributed by atoms with E-state index in [1.807, 2.05) is 23.1 Å². The topological polar surface area (TPSA) is 80.7 Å². The van der Waals surface area contributed by atoms with Crippen LogP contribution in [0.2, 0.25) is 0 Å². The van der Waals surface area contributed by atoms with Gasteiger partial charge < -0.3 is 25.0 Å². The van der Waals surface area contributed by atoms with Crippen molar-refractivity contribution in [1.82, 2.24) is 20.0 Å². The van der Waals surface area contributed by atoms with Gasteiger partial charge in [-0.3, -0.25) is 4.79 Å². The van der Waals surface area contributed by atoms with Crippen LogP contribution in [0.3, 0.4) is 0 Å². The SMILES string of the molecule is COc1ccc([C@@H]2C[C@H](C(F)F)n3nc(-c4ccc(C(=O)N5CCNCC5)cc4)cc3N2)cc1OC.Cl. The Hall–Kier alpha value is -3.37. The van der Waals surface area contributed by atoms with Crippen molar-refractivity contribution >= 4 is 24.1 Å². The van der Waals surface area contributed by atoms with E-state index in [-0.39, 0.29) is 30.8 Å². The minimum atomic E-state index is -2.58. The van der Waals surface area contributed by atoms with Gasteiger partial charge in [-0.1, -0.05) is 18.2 Å². The summed E-state index contributed by atoms with van der Waals surface area (Å²) >= 11 is 0. The summed E-state index contributed by atoms with van der Waals surface area (Å²) in [7, 11) is 3.10. The molecular weight excluding hydrogens is 504 g/mol. The molecule has 37 heavy (non-hydrogen) atoms.